The van der Waals surface area contributed by atoms with Gasteiger partial charge in [0.05, 0.1) is 17.4 Å². The topological polar surface area (TPSA) is 45.4 Å². The van der Waals surface area contributed by atoms with Crippen LogP contribution in [-0.2, 0) is 12.7 Å². The van der Waals surface area contributed by atoms with Gasteiger partial charge in [-0.1, -0.05) is 11.6 Å². The molecular weight excluding hydrogens is 365 g/mol. The Morgan fingerprint density at radius 1 is 1.08 bits per heavy atom. The third-order valence-corrected chi connectivity index (χ3v) is 4.82. The summed E-state index contributed by atoms with van der Waals surface area (Å²) in [5.74, 6) is 0.859. The number of hydrogen-bond acceptors (Lipinski definition) is 4. The predicted molar refractivity (Wildman–Crippen MR) is 97.2 cm³/mol. The van der Waals surface area contributed by atoms with Crippen molar-refractivity contribution in [2.45, 2.75) is 19.1 Å². The zero-order valence-corrected chi connectivity index (χ0v) is 14.9. The summed E-state index contributed by atoms with van der Waals surface area (Å²) >= 11 is 6.12. The lowest BCUT2D eigenvalue weighted by molar-refractivity contribution is -0.137. The van der Waals surface area contributed by atoms with Gasteiger partial charge in [0.25, 0.3) is 0 Å². The summed E-state index contributed by atoms with van der Waals surface area (Å²) in [4.78, 5) is 8.63. The third-order valence-electron chi connectivity index (χ3n) is 4.45. The molecule has 1 aromatic carbocycles. The van der Waals surface area contributed by atoms with Crippen molar-refractivity contribution in [3.63, 3.8) is 0 Å². The molecule has 2 N–H and O–H groups in total. The number of benzene rings is 1. The molecule has 1 fully saturated rings. The van der Waals surface area contributed by atoms with Crippen LogP contribution in [0.2, 0.25) is 5.02 Å². The predicted octanol–water partition coefficient (Wildman–Crippen LogP) is 4.05. The molecule has 0 aliphatic carbocycles. The van der Waals surface area contributed by atoms with Crippen molar-refractivity contribution in [2.75, 3.05) is 36.8 Å². The van der Waals surface area contributed by atoms with Gasteiger partial charge in [-0.15, -0.1) is 0 Å². The first-order chi connectivity index (χ1) is 12.3. The zero-order valence-electron chi connectivity index (χ0n) is 14.1. The highest BCUT2D eigenvalue weighted by atomic mass is 35.5. The van der Waals surface area contributed by atoms with Crippen LogP contribution >= 0.6 is 11.6 Å². The quantitative estimate of drug-likeness (QED) is 0.867. The monoisotopic (exact) mass is 384 g/mol. The van der Waals surface area contributed by atoms with Crippen LogP contribution in [0.4, 0.5) is 24.7 Å². The number of nitrogens with two attached hydrogens (primary N) is 1. The van der Waals surface area contributed by atoms with Gasteiger partial charge in [-0.2, -0.15) is 13.2 Å². The number of anilines is 2. The first-order valence-corrected chi connectivity index (χ1v) is 8.75. The first kappa shape index (κ1) is 18.8. The Morgan fingerprint density at radius 3 is 2.58 bits per heavy atom. The molecule has 0 saturated carbocycles. The smallest absolute Gasteiger partial charge is 0.397 e. The molecule has 2 heterocycles. The van der Waals surface area contributed by atoms with E-state index in [2.05, 4.69) is 14.8 Å². The molecule has 3 rings (SSSR count). The minimum Gasteiger partial charge on any atom is -0.397 e. The Balaban J connectivity index is 1.67. The average Bonchev–Trinajstić information content (AvgIpc) is 2.82. The molecule has 1 saturated heterocycles. The number of nitrogens with zero attached hydrogens (tertiary/aromatic N) is 3. The molecule has 4 nitrogen and oxygen atoms in total. The van der Waals surface area contributed by atoms with E-state index in [1.807, 2.05) is 12.1 Å². The summed E-state index contributed by atoms with van der Waals surface area (Å²) in [5.41, 5.74) is 6.12. The lowest BCUT2D eigenvalue weighted by Gasteiger charge is -2.23. The van der Waals surface area contributed by atoms with E-state index in [9.17, 15) is 13.2 Å². The number of pyridine rings is 1. The van der Waals surface area contributed by atoms with E-state index >= 15 is 0 Å². The molecule has 8 heteroatoms. The van der Waals surface area contributed by atoms with Crippen LogP contribution < -0.4 is 10.6 Å². The highest BCUT2D eigenvalue weighted by Crippen LogP contribution is 2.32. The van der Waals surface area contributed by atoms with Crippen molar-refractivity contribution in [1.82, 2.24) is 9.88 Å². The number of halogens is 4. The molecule has 140 valence electrons. The van der Waals surface area contributed by atoms with E-state index in [4.69, 9.17) is 17.3 Å². The van der Waals surface area contributed by atoms with Crippen LogP contribution in [0, 0.1) is 0 Å². The minimum atomic E-state index is -4.37. The van der Waals surface area contributed by atoms with Gasteiger partial charge in [0.2, 0.25) is 0 Å². The highest BCUT2D eigenvalue weighted by Gasteiger charge is 2.31. The van der Waals surface area contributed by atoms with E-state index in [0.29, 0.717) is 22.8 Å². The van der Waals surface area contributed by atoms with Crippen LogP contribution in [0.25, 0.3) is 0 Å². The van der Waals surface area contributed by atoms with Crippen molar-refractivity contribution in [3.05, 3.63) is 52.7 Å². The Bertz CT molecular complexity index is 749. The molecule has 1 aromatic heterocycles. The molecule has 26 heavy (non-hydrogen) atoms. The summed E-state index contributed by atoms with van der Waals surface area (Å²) < 4.78 is 38.8. The number of alkyl halides is 3. The highest BCUT2D eigenvalue weighted by molar-refractivity contribution is 6.31. The lowest BCUT2D eigenvalue weighted by Crippen LogP contribution is -2.31. The van der Waals surface area contributed by atoms with Gasteiger partial charge >= 0.3 is 6.18 Å². The van der Waals surface area contributed by atoms with Gasteiger partial charge < -0.3 is 10.6 Å². The summed E-state index contributed by atoms with van der Waals surface area (Å²) in [7, 11) is 0. The van der Waals surface area contributed by atoms with E-state index in [-0.39, 0.29) is 0 Å². The van der Waals surface area contributed by atoms with Gasteiger partial charge in [-0.05, 0) is 42.3 Å². The van der Waals surface area contributed by atoms with Crippen molar-refractivity contribution in [2.24, 2.45) is 0 Å². The van der Waals surface area contributed by atoms with Crippen molar-refractivity contribution in [3.8, 4) is 0 Å². The Labute approximate surface area is 155 Å². The molecule has 0 amide bonds. The van der Waals surface area contributed by atoms with Crippen LogP contribution in [0.15, 0.2) is 36.5 Å². The van der Waals surface area contributed by atoms with E-state index < -0.39 is 11.7 Å². The largest absolute Gasteiger partial charge is 0.416 e. The Morgan fingerprint density at radius 2 is 1.88 bits per heavy atom. The first-order valence-electron chi connectivity index (χ1n) is 8.37. The maximum atomic E-state index is 12.9. The van der Waals surface area contributed by atoms with Crippen molar-refractivity contribution >= 4 is 23.1 Å². The molecule has 0 atom stereocenters. The molecule has 0 spiro atoms. The summed E-state index contributed by atoms with van der Waals surface area (Å²) in [5, 5.41) is 0.360. The van der Waals surface area contributed by atoms with Crippen molar-refractivity contribution in [1.29, 1.82) is 0 Å². The second-order valence-corrected chi connectivity index (χ2v) is 6.78. The standard InChI is InChI=1S/C18H20ClF3N4/c19-16-4-2-14(18(20,21)22)10-13(16)12-25-6-1-7-26(9-8-25)17-5-3-15(23)11-24-17/h2-5,10-11H,1,6-9,12,23H2. The van der Waals surface area contributed by atoms with E-state index in [1.54, 1.807) is 6.20 Å². The molecule has 1 aliphatic heterocycles. The van der Waals surface area contributed by atoms with Gasteiger partial charge in [0.15, 0.2) is 0 Å². The van der Waals surface area contributed by atoms with Crippen LogP contribution in [0.5, 0.6) is 0 Å². The number of hydrogen-bond donors (Lipinski definition) is 1. The second-order valence-electron chi connectivity index (χ2n) is 6.37. The van der Waals surface area contributed by atoms with Crippen LogP contribution in [-0.4, -0.2) is 36.1 Å². The molecule has 1 aliphatic rings. The fourth-order valence-electron chi connectivity index (χ4n) is 3.06. The fourth-order valence-corrected chi connectivity index (χ4v) is 3.23. The summed E-state index contributed by atoms with van der Waals surface area (Å²) in [6.45, 7) is 3.49. The van der Waals surface area contributed by atoms with Gasteiger partial charge in [-0.25, -0.2) is 4.98 Å². The number of nitrogen functional groups attached to an aromatic ring is 1. The average molecular weight is 385 g/mol. The minimum absolute atomic E-state index is 0.360. The van der Waals surface area contributed by atoms with Gasteiger partial charge in [0.1, 0.15) is 5.82 Å². The molecular formula is C18H20ClF3N4. The maximum Gasteiger partial charge on any atom is 0.416 e. The maximum absolute atomic E-state index is 12.9. The second kappa shape index (κ2) is 7.72. The third kappa shape index (κ3) is 4.59. The van der Waals surface area contributed by atoms with Crippen LogP contribution in [0.1, 0.15) is 17.5 Å². The summed E-state index contributed by atoms with van der Waals surface area (Å²) in [6, 6.07) is 7.18. The molecule has 0 bridgehead atoms. The van der Waals surface area contributed by atoms with E-state index in [1.165, 1.54) is 6.07 Å². The Kier molecular flexibility index (Phi) is 5.58. The normalized spacial score (nSPS) is 16.5. The summed E-state index contributed by atoms with van der Waals surface area (Å²) in [6.07, 6.45) is -1.85. The SMILES string of the molecule is Nc1ccc(N2CCCN(Cc3cc(C(F)(F)F)ccc3Cl)CC2)nc1. The van der Waals surface area contributed by atoms with Gasteiger partial charge in [0, 0.05) is 37.7 Å². The van der Waals surface area contributed by atoms with Crippen LogP contribution in [0.3, 0.4) is 0 Å². The van der Waals surface area contributed by atoms with Crippen molar-refractivity contribution < 1.29 is 13.2 Å². The van der Waals surface area contributed by atoms with Gasteiger partial charge in [-0.3, -0.25) is 4.90 Å². The number of rotatable bonds is 3. The molecule has 0 unspecified atom stereocenters. The van der Waals surface area contributed by atoms with E-state index in [0.717, 1.165) is 50.6 Å². The fraction of sp³-hybridized carbons (Fsp3) is 0.389. The lowest BCUT2D eigenvalue weighted by atomic mass is 10.1. The Hall–Kier alpha value is -1.99. The molecule has 2 aromatic rings. The number of aromatic nitrogens is 1. The molecule has 0 radical (unpaired) electrons. The zero-order chi connectivity index (χ0) is 18.7.